The van der Waals surface area contributed by atoms with E-state index in [1.54, 1.807) is 0 Å². The first kappa shape index (κ1) is 18.7. The number of hydrogen-bond acceptors (Lipinski definition) is 4. The molecule has 0 heterocycles. The molecule has 0 aromatic carbocycles. The Hall–Kier alpha value is -1.30. The minimum absolute atomic E-state index is 0.0410. The van der Waals surface area contributed by atoms with E-state index in [4.69, 9.17) is 15.7 Å². The summed E-state index contributed by atoms with van der Waals surface area (Å²) in [5.41, 5.74) is 4.73. The molecule has 20 heavy (non-hydrogen) atoms. The molecule has 0 radical (unpaired) electrons. The van der Waals surface area contributed by atoms with E-state index in [1.807, 2.05) is 13.8 Å². The van der Waals surface area contributed by atoms with Crippen molar-refractivity contribution in [1.29, 1.82) is 0 Å². The van der Waals surface area contributed by atoms with Crippen molar-refractivity contribution in [3.05, 3.63) is 0 Å². The number of ether oxygens (including phenoxy) is 1. The highest BCUT2D eigenvalue weighted by molar-refractivity contribution is 6.06. The topological polar surface area (TPSA) is 96.9 Å². The fourth-order valence-corrected chi connectivity index (χ4v) is 1.97. The molecule has 0 atom stereocenters. The Kier molecular flexibility index (Phi) is 8.96. The maximum Gasteiger partial charge on any atom is 0.234 e. The molecule has 0 bridgehead atoms. The van der Waals surface area contributed by atoms with E-state index in [0.29, 0.717) is 38.5 Å². The summed E-state index contributed by atoms with van der Waals surface area (Å²) in [6.45, 7) is 9.56. The number of rotatable bonds is 10. The molecule has 0 aromatic heterocycles. The SMILES string of the molecule is CCC(CC)(C(=O)NCCOCCC(C)C)C(N)=NO. The van der Waals surface area contributed by atoms with Crippen molar-refractivity contribution >= 4 is 11.7 Å². The Morgan fingerprint density at radius 2 is 1.95 bits per heavy atom. The van der Waals surface area contributed by atoms with Crippen LogP contribution in [0.2, 0.25) is 0 Å². The van der Waals surface area contributed by atoms with Gasteiger partial charge in [-0.15, -0.1) is 0 Å². The number of nitrogens with two attached hydrogens (primary N) is 1. The summed E-state index contributed by atoms with van der Waals surface area (Å²) in [5.74, 6) is 0.351. The molecule has 0 rings (SSSR count). The van der Waals surface area contributed by atoms with Crippen LogP contribution >= 0.6 is 0 Å². The molecule has 4 N–H and O–H groups in total. The fourth-order valence-electron chi connectivity index (χ4n) is 1.97. The molecule has 6 heteroatoms. The zero-order valence-corrected chi connectivity index (χ0v) is 13.1. The minimum Gasteiger partial charge on any atom is -0.409 e. The lowest BCUT2D eigenvalue weighted by Crippen LogP contribution is -2.49. The minimum atomic E-state index is -0.938. The van der Waals surface area contributed by atoms with Crippen LogP contribution in [0.1, 0.15) is 47.0 Å². The monoisotopic (exact) mass is 287 g/mol. The normalized spacial score (nSPS) is 12.8. The third-order valence-electron chi connectivity index (χ3n) is 3.61. The molecule has 0 fully saturated rings. The number of amides is 1. The average Bonchev–Trinajstić information content (AvgIpc) is 2.43. The van der Waals surface area contributed by atoms with Gasteiger partial charge in [0.1, 0.15) is 5.41 Å². The first-order valence-electron chi connectivity index (χ1n) is 7.28. The van der Waals surface area contributed by atoms with Gasteiger partial charge in [-0.1, -0.05) is 32.9 Å². The number of carbonyl (C=O) groups excluding carboxylic acids is 1. The highest BCUT2D eigenvalue weighted by Gasteiger charge is 2.39. The van der Waals surface area contributed by atoms with E-state index in [2.05, 4.69) is 24.3 Å². The Morgan fingerprint density at radius 1 is 1.35 bits per heavy atom. The predicted octanol–water partition coefficient (Wildman–Crippen LogP) is 1.72. The van der Waals surface area contributed by atoms with Gasteiger partial charge in [0.2, 0.25) is 5.91 Å². The van der Waals surface area contributed by atoms with Crippen LogP contribution in [0.25, 0.3) is 0 Å². The van der Waals surface area contributed by atoms with E-state index in [1.165, 1.54) is 0 Å². The second-order valence-corrected chi connectivity index (χ2v) is 5.33. The van der Waals surface area contributed by atoms with Crippen molar-refractivity contribution in [3.63, 3.8) is 0 Å². The van der Waals surface area contributed by atoms with Gasteiger partial charge in [0.05, 0.1) is 6.61 Å². The van der Waals surface area contributed by atoms with E-state index in [-0.39, 0.29) is 11.7 Å². The summed E-state index contributed by atoms with van der Waals surface area (Å²) < 4.78 is 5.44. The number of oxime groups is 1. The van der Waals surface area contributed by atoms with E-state index >= 15 is 0 Å². The van der Waals surface area contributed by atoms with Gasteiger partial charge in [-0.05, 0) is 25.2 Å². The van der Waals surface area contributed by atoms with Crippen LogP contribution in [0.15, 0.2) is 5.16 Å². The van der Waals surface area contributed by atoms with Crippen molar-refractivity contribution < 1.29 is 14.7 Å². The van der Waals surface area contributed by atoms with Crippen LogP contribution in [-0.4, -0.2) is 36.7 Å². The Morgan fingerprint density at radius 3 is 2.40 bits per heavy atom. The quantitative estimate of drug-likeness (QED) is 0.187. The van der Waals surface area contributed by atoms with Crippen LogP contribution in [0.5, 0.6) is 0 Å². The van der Waals surface area contributed by atoms with Gasteiger partial charge >= 0.3 is 0 Å². The van der Waals surface area contributed by atoms with Gasteiger partial charge in [0.25, 0.3) is 0 Å². The van der Waals surface area contributed by atoms with Gasteiger partial charge in [0.15, 0.2) is 5.84 Å². The van der Waals surface area contributed by atoms with Crippen molar-refractivity contribution in [2.24, 2.45) is 22.2 Å². The lowest BCUT2D eigenvalue weighted by Gasteiger charge is -2.28. The molecule has 118 valence electrons. The zero-order chi connectivity index (χ0) is 15.6. The molecule has 0 saturated carbocycles. The van der Waals surface area contributed by atoms with E-state index in [0.717, 1.165) is 6.42 Å². The number of hydrogen-bond donors (Lipinski definition) is 3. The molecule has 0 aromatic rings. The van der Waals surface area contributed by atoms with Gasteiger partial charge in [-0.25, -0.2) is 0 Å². The summed E-state index contributed by atoms with van der Waals surface area (Å²) in [4.78, 5) is 12.2. The summed E-state index contributed by atoms with van der Waals surface area (Å²) in [6, 6.07) is 0. The van der Waals surface area contributed by atoms with Gasteiger partial charge in [-0.2, -0.15) is 0 Å². The molecular formula is C14H29N3O3. The molecule has 0 spiro atoms. The first-order chi connectivity index (χ1) is 9.44. The van der Waals surface area contributed by atoms with Crippen LogP contribution < -0.4 is 11.1 Å². The van der Waals surface area contributed by atoms with Crippen molar-refractivity contribution in [2.45, 2.75) is 47.0 Å². The smallest absolute Gasteiger partial charge is 0.234 e. The largest absolute Gasteiger partial charge is 0.409 e. The lowest BCUT2D eigenvalue weighted by atomic mass is 9.80. The summed E-state index contributed by atoms with van der Waals surface area (Å²) in [5, 5.41) is 14.6. The summed E-state index contributed by atoms with van der Waals surface area (Å²) >= 11 is 0. The molecule has 0 aliphatic rings. The highest BCUT2D eigenvalue weighted by atomic mass is 16.5. The van der Waals surface area contributed by atoms with Crippen molar-refractivity contribution in [2.75, 3.05) is 19.8 Å². The van der Waals surface area contributed by atoms with Crippen molar-refractivity contribution in [1.82, 2.24) is 5.32 Å². The summed E-state index contributed by atoms with van der Waals surface area (Å²) in [6.07, 6.45) is 1.98. The predicted molar refractivity (Wildman–Crippen MR) is 79.7 cm³/mol. The number of nitrogens with zero attached hydrogens (tertiary/aromatic N) is 1. The average molecular weight is 287 g/mol. The third-order valence-corrected chi connectivity index (χ3v) is 3.61. The van der Waals surface area contributed by atoms with E-state index < -0.39 is 5.41 Å². The molecule has 0 aliphatic carbocycles. The molecule has 0 unspecified atom stereocenters. The van der Waals surface area contributed by atoms with Crippen LogP contribution in [-0.2, 0) is 9.53 Å². The maximum atomic E-state index is 12.2. The van der Waals surface area contributed by atoms with Crippen LogP contribution in [0.3, 0.4) is 0 Å². The summed E-state index contributed by atoms with van der Waals surface area (Å²) in [7, 11) is 0. The second kappa shape index (κ2) is 9.58. The van der Waals surface area contributed by atoms with Crippen LogP contribution in [0, 0.1) is 11.3 Å². The Labute approximate surface area is 121 Å². The van der Waals surface area contributed by atoms with E-state index in [9.17, 15) is 4.79 Å². The molecular weight excluding hydrogens is 258 g/mol. The zero-order valence-electron chi connectivity index (χ0n) is 13.1. The molecule has 1 amide bonds. The number of nitrogens with one attached hydrogen (secondary N) is 1. The fraction of sp³-hybridized carbons (Fsp3) is 0.857. The van der Waals surface area contributed by atoms with Gasteiger partial charge < -0.3 is 21.0 Å². The maximum absolute atomic E-state index is 12.2. The standard InChI is InChI=1S/C14H29N3O3/c1-5-14(6-2,12(15)17-19)13(18)16-8-10-20-9-7-11(3)4/h11,19H,5-10H2,1-4H3,(H2,15,17)(H,16,18). The van der Waals surface area contributed by atoms with Crippen molar-refractivity contribution in [3.8, 4) is 0 Å². The Balaban J connectivity index is 4.23. The number of amidine groups is 1. The van der Waals surface area contributed by atoms with Crippen LogP contribution in [0.4, 0.5) is 0 Å². The lowest BCUT2D eigenvalue weighted by molar-refractivity contribution is -0.128. The Bertz CT molecular complexity index is 313. The highest BCUT2D eigenvalue weighted by Crippen LogP contribution is 2.26. The first-order valence-corrected chi connectivity index (χ1v) is 7.28. The van der Waals surface area contributed by atoms with Gasteiger partial charge in [0, 0.05) is 13.2 Å². The second-order valence-electron chi connectivity index (χ2n) is 5.33. The van der Waals surface area contributed by atoms with Gasteiger partial charge in [-0.3, -0.25) is 4.79 Å². The molecule has 0 saturated heterocycles. The number of carbonyl (C=O) groups is 1. The molecule has 0 aliphatic heterocycles. The molecule has 6 nitrogen and oxygen atoms in total. The third kappa shape index (κ3) is 5.36.